The summed E-state index contributed by atoms with van der Waals surface area (Å²) in [5, 5.41) is 12.8. The molecule has 20 heavy (non-hydrogen) atoms. The summed E-state index contributed by atoms with van der Waals surface area (Å²) in [5.41, 5.74) is 6.58. The third kappa shape index (κ3) is 4.60. The van der Waals surface area contributed by atoms with Crippen LogP contribution < -0.4 is 11.1 Å². The predicted molar refractivity (Wildman–Crippen MR) is 84.6 cm³/mol. The van der Waals surface area contributed by atoms with Gasteiger partial charge in [-0.2, -0.15) is 0 Å². The van der Waals surface area contributed by atoms with E-state index in [2.05, 4.69) is 19.2 Å². The standard InChI is InChI=1S/C15H23ClN2O2/c1-3-5-6-10(4-2)9-18-14-12(15(19)20)7-11(17)8-13(14)16/h7-8,10,18H,3-6,9,17H2,1-2H3,(H,19,20). The van der Waals surface area contributed by atoms with Gasteiger partial charge in [-0.15, -0.1) is 0 Å². The first-order chi connectivity index (χ1) is 9.49. The lowest BCUT2D eigenvalue weighted by atomic mass is 9.99. The lowest BCUT2D eigenvalue weighted by Crippen LogP contribution is -2.16. The van der Waals surface area contributed by atoms with E-state index < -0.39 is 5.97 Å². The van der Waals surface area contributed by atoms with Gasteiger partial charge in [0.05, 0.1) is 16.3 Å². The van der Waals surface area contributed by atoms with Crippen LogP contribution in [-0.2, 0) is 0 Å². The Morgan fingerprint density at radius 3 is 2.70 bits per heavy atom. The van der Waals surface area contributed by atoms with E-state index in [1.165, 1.54) is 18.9 Å². The number of unbranched alkanes of at least 4 members (excludes halogenated alkanes) is 1. The highest BCUT2D eigenvalue weighted by atomic mass is 35.5. The first-order valence-electron chi connectivity index (χ1n) is 7.05. The third-order valence-electron chi connectivity index (χ3n) is 3.45. The molecule has 0 saturated carbocycles. The van der Waals surface area contributed by atoms with Gasteiger partial charge in [-0.05, 0) is 24.5 Å². The van der Waals surface area contributed by atoms with E-state index >= 15 is 0 Å². The molecule has 0 aliphatic carbocycles. The van der Waals surface area contributed by atoms with Crippen molar-refractivity contribution in [1.29, 1.82) is 0 Å². The van der Waals surface area contributed by atoms with Crippen molar-refractivity contribution in [3.8, 4) is 0 Å². The van der Waals surface area contributed by atoms with E-state index in [1.807, 2.05) is 0 Å². The van der Waals surface area contributed by atoms with Crippen LogP contribution in [0, 0.1) is 5.92 Å². The van der Waals surface area contributed by atoms with E-state index in [0.29, 0.717) is 22.3 Å². The molecule has 0 spiro atoms. The molecule has 0 saturated heterocycles. The van der Waals surface area contributed by atoms with Gasteiger partial charge in [0.25, 0.3) is 0 Å². The van der Waals surface area contributed by atoms with Crippen molar-refractivity contribution in [3.63, 3.8) is 0 Å². The Kier molecular flexibility index (Phi) is 6.65. The molecule has 0 fully saturated rings. The van der Waals surface area contributed by atoms with Crippen LogP contribution in [0.25, 0.3) is 0 Å². The molecule has 0 bridgehead atoms. The Morgan fingerprint density at radius 2 is 2.15 bits per heavy atom. The fourth-order valence-electron chi connectivity index (χ4n) is 2.17. The van der Waals surface area contributed by atoms with E-state index in [0.717, 1.165) is 19.4 Å². The Balaban J connectivity index is 2.83. The Bertz CT molecular complexity index is 463. The lowest BCUT2D eigenvalue weighted by molar-refractivity contribution is 0.0698. The van der Waals surface area contributed by atoms with Crippen molar-refractivity contribution in [2.24, 2.45) is 5.92 Å². The molecule has 1 rings (SSSR count). The van der Waals surface area contributed by atoms with Gasteiger partial charge < -0.3 is 16.2 Å². The number of halogens is 1. The first kappa shape index (κ1) is 16.6. The number of benzene rings is 1. The topological polar surface area (TPSA) is 75.3 Å². The average Bonchev–Trinajstić information content (AvgIpc) is 2.40. The second-order valence-corrected chi connectivity index (χ2v) is 5.44. The van der Waals surface area contributed by atoms with Crippen LogP contribution in [0.2, 0.25) is 5.02 Å². The first-order valence-corrected chi connectivity index (χ1v) is 7.43. The minimum absolute atomic E-state index is 0.125. The zero-order valence-electron chi connectivity index (χ0n) is 12.1. The van der Waals surface area contributed by atoms with Crippen molar-refractivity contribution < 1.29 is 9.90 Å². The predicted octanol–water partition coefficient (Wildman–Crippen LogP) is 4.25. The fourth-order valence-corrected chi connectivity index (χ4v) is 2.46. The number of hydrogen-bond acceptors (Lipinski definition) is 3. The number of aromatic carboxylic acids is 1. The van der Waals surface area contributed by atoms with Gasteiger partial charge in [-0.3, -0.25) is 0 Å². The van der Waals surface area contributed by atoms with Crippen molar-refractivity contribution in [1.82, 2.24) is 0 Å². The van der Waals surface area contributed by atoms with Crippen LogP contribution in [0.4, 0.5) is 11.4 Å². The van der Waals surface area contributed by atoms with E-state index in [1.54, 1.807) is 6.07 Å². The molecule has 1 aromatic carbocycles. The summed E-state index contributed by atoms with van der Waals surface area (Å²) in [4.78, 5) is 11.3. The molecule has 1 unspecified atom stereocenters. The van der Waals surface area contributed by atoms with Crippen LogP contribution >= 0.6 is 11.6 Å². The molecule has 0 radical (unpaired) electrons. The third-order valence-corrected chi connectivity index (χ3v) is 3.75. The van der Waals surface area contributed by atoms with Crippen molar-refractivity contribution in [2.75, 3.05) is 17.6 Å². The van der Waals surface area contributed by atoms with Crippen molar-refractivity contribution in [3.05, 3.63) is 22.7 Å². The number of rotatable bonds is 8. The molecule has 1 atom stereocenters. The van der Waals surface area contributed by atoms with Gasteiger partial charge in [0, 0.05) is 12.2 Å². The number of hydrogen-bond donors (Lipinski definition) is 3. The number of nitrogen functional groups attached to an aromatic ring is 1. The van der Waals surface area contributed by atoms with Gasteiger partial charge >= 0.3 is 5.97 Å². The number of anilines is 2. The highest BCUT2D eigenvalue weighted by molar-refractivity contribution is 6.34. The molecule has 0 aromatic heterocycles. The molecule has 112 valence electrons. The summed E-state index contributed by atoms with van der Waals surface area (Å²) in [5.74, 6) is -0.506. The molecule has 0 heterocycles. The molecule has 4 nitrogen and oxygen atoms in total. The van der Waals surface area contributed by atoms with Crippen LogP contribution in [0.15, 0.2) is 12.1 Å². The molecule has 5 heteroatoms. The summed E-state index contributed by atoms with van der Waals surface area (Å²) in [6.07, 6.45) is 4.54. The molecule has 1 aromatic rings. The zero-order chi connectivity index (χ0) is 15.1. The summed E-state index contributed by atoms with van der Waals surface area (Å²) < 4.78 is 0. The maximum absolute atomic E-state index is 11.3. The van der Waals surface area contributed by atoms with Crippen LogP contribution in [0.1, 0.15) is 49.9 Å². The smallest absolute Gasteiger partial charge is 0.337 e. The van der Waals surface area contributed by atoms with Gasteiger partial charge in [-0.25, -0.2) is 4.79 Å². The Morgan fingerprint density at radius 1 is 1.45 bits per heavy atom. The second kappa shape index (κ2) is 8.00. The zero-order valence-corrected chi connectivity index (χ0v) is 12.8. The highest BCUT2D eigenvalue weighted by Crippen LogP contribution is 2.30. The molecular weight excluding hydrogens is 276 g/mol. The highest BCUT2D eigenvalue weighted by Gasteiger charge is 2.16. The minimum Gasteiger partial charge on any atom is -0.478 e. The molecule has 0 amide bonds. The van der Waals surface area contributed by atoms with Crippen molar-refractivity contribution >= 4 is 28.9 Å². The summed E-state index contributed by atoms with van der Waals surface area (Å²) in [6.45, 7) is 5.03. The Hall–Kier alpha value is -1.42. The fraction of sp³-hybridized carbons (Fsp3) is 0.533. The number of nitrogens with one attached hydrogen (secondary N) is 1. The van der Waals surface area contributed by atoms with Crippen LogP contribution in [-0.4, -0.2) is 17.6 Å². The number of carboxylic acid groups (broad SMARTS) is 1. The van der Waals surface area contributed by atoms with E-state index in [-0.39, 0.29) is 5.56 Å². The van der Waals surface area contributed by atoms with Crippen molar-refractivity contribution in [2.45, 2.75) is 39.5 Å². The van der Waals surface area contributed by atoms with Gasteiger partial charge in [0.1, 0.15) is 0 Å². The van der Waals surface area contributed by atoms with Gasteiger partial charge in [0.2, 0.25) is 0 Å². The van der Waals surface area contributed by atoms with Crippen LogP contribution in [0.3, 0.4) is 0 Å². The summed E-state index contributed by atoms with van der Waals surface area (Å²) in [6, 6.07) is 3.01. The molecule has 0 aliphatic heterocycles. The van der Waals surface area contributed by atoms with E-state index in [4.69, 9.17) is 17.3 Å². The number of nitrogens with two attached hydrogens (primary N) is 1. The molecular formula is C15H23ClN2O2. The number of carboxylic acids is 1. The summed E-state index contributed by atoms with van der Waals surface area (Å²) >= 11 is 6.10. The monoisotopic (exact) mass is 298 g/mol. The quantitative estimate of drug-likeness (QED) is 0.627. The van der Waals surface area contributed by atoms with Gasteiger partial charge in [0.15, 0.2) is 0 Å². The van der Waals surface area contributed by atoms with E-state index in [9.17, 15) is 9.90 Å². The maximum atomic E-state index is 11.3. The normalized spacial score (nSPS) is 12.2. The Labute approximate surface area is 125 Å². The summed E-state index contributed by atoms with van der Waals surface area (Å²) in [7, 11) is 0. The number of carbonyl (C=O) groups is 1. The maximum Gasteiger partial charge on any atom is 0.337 e. The second-order valence-electron chi connectivity index (χ2n) is 5.03. The minimum atomic E-state index is -1.02. The molecule has 4 N–H and O–H groups in total. The SMILES string of the molecule is CCCCC(CC)CNc1c(Cl)cc(N)cc1C(=O)O. The van der Waals surface area contributed by atoms with Gasteiger partial charge in [-0.1, -0.05) is 44.7 Å². The molecule has 0 aliphatic rings. The average molecular weight is 299 g/mol. The van der Waals surface area contributed by atoms with Crippen LogP contribution in [0.5, 0.6) is 0 Å². The largest absolute Gasteiger partial charge is 0.478 e. The lowest BCUT2D eigenvalue weighted by Gasteiger charge is -2.18.